The standard InChI is InChI=1S/C16H22N4/c1-3-20(4-2)16-12-15(18-13-19-16)17-11-10-14-8-6-5-7-9-14/h5-9,12-13H,3-4,10-11H2,1-2H3,(H,17,18,19). The molecule has 0 atom stereocenters. The Morgan fingerprint density at radius 2 is 1.80 bits per heavy atom. The molecule has 20 heavy (non-hydrogen) atoms. The SMILES string of the molecule is CCN(CC)c1cc(NCCc2ccccc2)ncn1. The van der Waals surface area contributed by atoms with E-state index in [9.17, 15) is 0 Å². The number of anilines is 2. The largest absolute Gasteiger partial charge is 0.370 e. The first-order valence-corrected chi connectivity index (χ1v) is 7.18. The summed E-state index contributed by atoms with van der Waals surface area (Å²) < 4.78 is 0. The molecule has 0 saturated heterocycles. The Bertz CT molecular complexity index is 509. The van der Waals surface area contributed by atoms with E-state index in [1.807, 2.05) is 12.1 Å². The molecule has 2 aromatic rings. The highest BCUT2D eigenvalue weighted by molar-refractivity contribution is 5.48. The van der Waals surface area contributed by atoms with Gasteiger partial charge in [0.2, 0.25) is 0 Å². The van der Waals surface area contributed by atoms with Crippen LogP contribution in [-0.2, 0) is 6.42 Å². The van der Waals surface area contributed by atoms with Gasteiger partial charge in [0, 0.05) is 25.7 Å². The van der Waals surface area contributed by atoms with Gasteiger partial charge in [0.05, 0.1) is 0 Å². The van der Waals surface area contributed by atoms with Crippen LogP contribution in [0.2, 0.25) is 0 Å². The lowest BCUT2D eigenvalue weighted by molar-refractivity contribution is 0.841. The molecule has 4 heteroatoms. The van der Waals surface area contributed by atoms with Gasteiger partial charge < -0.3 is 10.2 Å². The molecule has 1 N–H and O–H groups in total. The van der Waals surface area contributed by atoms with E-state index < -0.39 is 0 Å². The smallest absolute Gasteiger partial charge is 0.134 e. The molecular weight excluding hydrogens is 248 g/mol. The lowest BCUT2D eigenvalue weighted by atomic mass is 10.1. The Balaban J connectivity index is 1.91. The molecule has 0 aliphatic heterocycles. The summed E-state index contributed by atoms with van der Waals surface area (Å²) in [5, 5.41) is 3.36. The van der Waals surface area contributed by atoms with Crippen molar-refractivity contribution in [1.29, 1.82) is 0 Å². The van der Waals surface area contributed by atoms with Gasteiger partial charge in [-0.3, -0.25) is 0 Å². The molecular formula is C16H22N4. The van der Waals surface area contributed by atoms with E-state index in [2.05, 4.69) is 58.3 Å². The first-order valence-electron chi connectivity index (χ1n) is 7.18. The molecule has 0 unspecified atom stereocenters. The predicted octanol–water partition coefficient (Wildman–Crippen LogP) is 2.98. The van der Waals surface area contributed by atoms with Gasteiger partial charge in [0.1, 0.15) is 18.0 Å². The summed E-state index contributed by atoms with van der Waals surface area (Å²) in [6, 6.07) is 12.5. The number of nitrogens with zero attached hydrogens (tertiary/aromatic N) is 3. The lowest BCUT2D eigenvalue weighted by Crippen LogP contribution is -2.23. The number of hydrogen-bond donors (Lipinski definition) is 1. The molecule has 1 heterocycles. The molecule has 0 radical (unpaired) electrons. The van der Waals surface area contributed by atoms with E-state index in [4.69, 9.17) is 0 Å². The molecule has 0 saturated carbocycles. The molecule has 1 aromatic heterocycles. The zero-order valence-corrected chi connectivity index (χ0v) is 12.2. The van der Waals surface area contributed by atoms with Crippen LogP contribution in [0.4, 0.5) is 11.6 Å². The van der Waals surface area contributed by atoms with E-state index in [1.54, 1.807) is 6.33 Å². The Morgan fingerprint density at radius 1 is 1.05 bits per heavy atom. The van der Waals surface area contributed by atoms with Gasteiger partial charge in [0.15, 0.2) is 0 Å². The van der Waals surface area contributed by atoms with Gasteiger partial charge in [-0.05, 0) is 25.8 Å². The maximum atomic E-state index is 4.32. The second-order valence-corrected chi connectivity index (χ2v) is 4.60. The molecule has 0 bridgehead atoms. The van der Waals surface area contributed by atoms with Gasteiger partial charge in [-0.15, -0.1) is 0 Å². The van der Waals surface area contributed by atoms with Crippen LogP contribution in [0.5, 0.6) is 0 Å². The topological polar surface area (TPSA) is 41.0 Å². The number of hydrogen-bond acceptors (Lipinski definition) is 4. The van der Waals surface area contributed by atoms with Crippen LogP contribution in [0.25, 0.3) is 0 Å². The summed E-state index contributed by atoms with van der Waals surface area (Å²) in [5.41, 5.74) is 1.33. The second kappa shape index (κ2) is 7.48. The molecule has 4 nitrogen and oxygen atoms in total. The second-order valence-electron chi connectivity index (χ2n) is 4.60. The minimum atomic E-state index is 0.874. The molecule has 0 fully saturated rings. The van der Waals surface area contributed by atoms with Gasteiger partial charge in [-0.1, -0.05) is 30.3 Å². The van der Waals surface area contributed by atoms with E-state index in [1.165, 1.54) is 5.56 Å². The molecule has 2 rings (SSSR count). The molecule has 106 valence electrons. The van der Waals surface area contributed by atoms with Gasteiger partial charge in [-0.25, -0.2) is 9.97 Å². The average Bonchev–Trinajstić information content (AvgIpc) is 2.50. The van der Waals surface area contributed by atoms with E-state index >= 15 is 0 Å². The summed E-state index contributed by atoms with van der Waals surface area (Å²) in [7, 11) is 0. The van der Waals surface area contributed by atoms with Crippen molar-refractivity contribution < 1.29 is 0 Å². The summed E-state index contributed by atoms with van der Waals surface area (Å²) in [4.78, 5) is 10.8. The number of aromatic nitrogens is 2. The molecule has 0 aliphatic rings. The third kappa shape index (κ3) is 3.95. The summed E-state index contributed by atoms with van der Waals surface area (Å²) >= 11 is 0. The van der Waals surface area contributed by atoms with Crippen LogP contribution in [0.15, 0.2) is 42.7 Å². The van der Waals surface area contributed by atoms with Crippen molar-refractivity contribution in [3.8, 4) is 0 Å². The Kier molecular flexibility index (Phi) is 5.35. The quantitative estimate of drug-likeness (QED) is 0.840. The fourth-order valence-electron chi connectivity index (χ4n) is 2.14. The monoisotopic (exact) mass is 270 g/mol. The molecule has 0 aliphatic carbocycles. The Hall–Kier alpha value is -2.10. The highest BCUT2D eigenvalue weighted by Gasteiger charge is 2.04. The van der Waals surface area contributed by atoms with Gasteiger partial charge in [-0.2, -0.15) is 0 Å². The minimum absolute atomic E-state index is 0.874. The van der Waals surface area contributed by atoms with Gasteiger partial charge >= 0.3 is 0 Å². The third-order valence-electron chi connectivity index (χ3n) is 3.30. The van der Waals surface area contributed by atoms with Crippen LogP contribution < -0.4 is 10.2 Å². The van der Waals surface area contributed by atoms with Crippen molar-refractivity contribution in [1.82, 2.24) is 9.97 Å². The predicted molar refractivity (Wildman–Crippen MR) is 84.2 cm³/mol. The Labute approximate surface area is 120 Å². The van der Waals surface area contributed by atoms with Crippen molar-refractivity contribution in [2.45, 2.75) is 20.3 Å². The number of benzene rings is 1. The third-order valence-corrected chi connectivity index (χ3v) is 3.30. The van der Waals surface area contributed by atoms with Crippen molar-refractivity contribution in [2.75, 3.05) is 29.9 Å². The van der Waals surface area contributed by atoms with Crippen LogP contribution in [0.1, 0.15) is 19.4 Å². The van der Waals surface area contributed by atoms with Gasteiger partial charge in [0.25, 0.3) is 0 Å². The zero-order chi connectivity index (χ0) is 14.2. The van der Waals surface area contributed by atoms with Crippen LogP contribution in [0, 0.1) is 0 Å². The minimum Gasteiger partial charge on any atom is -0.370 e. The summed E-state index contributed by atoms with van der Waals surface area (Å²) in [5.74, 6) is 1.87. The number of rotatable bonds is 7. The molecule has 0 amide bonds. The molecule has 1 aromatic carbocycles. The maximum absolute atomic E-state index is 4.32. The maximum Gasteiger partial charge on any atom is 0.134 e. The molecule has 0 spiro atoms. The average molecular weight is 270 g/mol. The van der Waals surface area contributed by atoms with Crippen molar-refractivity contribution in [3.05, 3.63) is 48.3 Å². The fourth-order valence-corrected chi connectivity index (χ4v) is 2.14. The van der Waals surface area contributed by atoms with Crippen molar-refractivity contribution in [2.24, 2.45) is 0 Å². The summed E-state index contributed by atoms with van der Waals surface area (Å²) in [6.07, 6.45) is 2.62. The first kappa shape index (κ1) is 14.3. The van der Waals surface area contributed by atoms with Crippen LogP contribution in [0.3, 0.4) is 0 Å². The first-order chi connectivity index (χ1) is 9.83. The van der Waals surface area contributed by atoms with Crippen molar-refractivity contribution in [3.63, 3.8) is 0 Å². The highest BCUT2D eigenvalue weighted by Crippen LogP contribution is 2.13. The zero-order valence-electron chi connectivity index (χ0n) is 12.2. The number of nitrogens with one attached hydrogen (secondary N) is 1. The van der Waals surface area contributed by atoms with E-state index in [0.717, 1.165) is 37.7 Å². The van der Waals surface area contributed by atoms with Crippen LogP contribution >= 0.6 is 0 Å². The highest BCUT2D eigenvalue weighted by atomic mass is 15.2. The van der Waals surface area contributed by atoms with E-state index in [0.29, 0.717) is 0 Å². The normalized spacial score (nSPS) is 10.3. The van der Waals surface area contributed by atoms with Crippen molar-refractivity contribution >= 4 is 11.6 Å². The van der Waals surface area contributed by atoms with Crippen LogP contribution in [-0.4, -0.2) is 29.6 Å². The summed E-state index contributed by atoms with van der Waals surface area (Å²) in [6.45, 7) is 7.05. The fraction of sp³-hybridized carbons (Fsp3) is 0.375. The Morgan fingerprint density at radius 3 is 2.50 bits per heavy atom. The lowest BCUT2D eigenvalue weighted by Gasteiger charge is -2.19. The van der Waals surface area contributed by atoms with E-state index in [-0.39, 0.29) is 0 Å².